The Hall–Kier alpha value is -1.65. The second-order valence-corrected chi connectivity index (χ2v) is 3.27. The lowest BCUT2D eigenvalue weighted by atomic mass is 10.1. The third kappa shape index (κ3) is 1.66. The first kappa shape index (κ1) is 8.93. The summed E-state index contributed by atoms with van der Waals surface area (Å²) in [4.78, 5) is 0. The zero-order valence-corrected chi connectivity index (χ0v) is 8.28. The maximum Gasteiger partial charge on any atom is 0.134 e. The molecule has 0 spiro atoms. The average molecular weight is 190 g/mol. The average Bonchev–Trinajstić information content (AvgIpc) is 2.76. The van der Waals surface area contributed by atoms with Crippen molar-refractivity contribution < 1.29 is 0 Å². The normalized spacial score (nSPS) is 10.7. The van der Waals surface area contributed by atoms with Gasteiger partial charge in [0.2, 0.25) is 0 Å². The van der Waals surface area contributed by atoms with Crippen molar-refractivity contribution in [3.05, 3.63) is 29.3 Å². The monoisotopic (exact) mass is 190 g/mol. The molecule has 0 aliphatic heterocycles. The van der Waals surface area contributed by atoms with Crippen molar-refractivity contribution in [3.63, 3.8) is 0 Å². The number of nitrogens with zero attached hydrogens (tertiary/aromatic N) is 4. The van der Waals surface area contributed by atoms with Gasteiger partial charge in [-0.05, 0) is 25.8 Å². The fourth-order valence-corrected chi connectivity index (χ4v) is 1.48. The minimum absolute atomic E-state index is 0.817. The molecule has 2 aromatic heterocycles. The van der Waals surface area contributed by atoms with E-state index in [1.165, 1.54) is 5.56 Å². The SMILES string of the molecule is Cc1n[nH]c(C)c1CCn1c[c]nn1. The summed E-state index contributed by atoms with van der Waals surface area (Å²) < 4.78 is 1.77. The van der Waals surface area contributed by atoms with Crippen LogP contribution < -0.4 is 0 Å². The van der Waals surface area contributed by atoms with Gasteiger partial charge < -0.3 is 0 Å². The van der Waals surface area contributed by atoms with Crippen molar-refractivity contribution in [2.45, 2.75) is 26.8 Å². The summed E-state index contributed by atoms with van der Waals surface area (Å²) in [6, 6.07) is 0. The van der Waals surface area contributed by atoms with Crippen molar-refractivity contribution in [2.75, 3.05) is 0 Å². The van der Waals surface area contributed by atoms with E-state index in [0.717, 1.165) is 24.4 Å². The summed E-state index contributed by atoms with van der Waals surface area (Å²) in [6.45, 7) is 4.85. The highest BCUT2D eigenvalue weighted by Gasteiger charge is 2.05. The van der Waals surface area contributed by atoms with E-state index >= 15 is 0 Å². The van der Waals surface area contributed by atoms with Crippen molar-refractivity contribution in [1.29, 1.82) is 0 Å². The lowest BCUT2D eigenvalue weighted by Gasteiger charge is -2.00. The van der Waals surface area contributed by atoms with Gasteiger partial charge in [-0.1, -0.05) is 5.21 Å². The zero-order chi connectivity index (χ0) is 9.97. The third-order valence-corrected chi connectivity index (χ3v) is 2.30. The molecule has 0 fully saturated rings. The molecule has 0 saturated carbocycles. The number of rotatable bonds is 3. The molecule has 14 heavy (non-hydrogen) atoms. The lowest BCUT2D eigenvalue weighted by Crippen LogP contribution is -2.03. The Labute approximate surface area is 82.1 Å². The molecule has 0 aliphatic carbocycles. The van der Waals surface area contributed by atoms with Crippen LogP contribution in [0.4, 0.5) is 0 Å². The van der Waals surface area contributed by atoms with Crippen LogP contribution in [0.2, 0.25) is 0 Å². The molecule has 5 nitrogen and oxygen atoms in total. The van der Waals surface area contributed by atoms with E-state index in [1.807, 2.05) is 13.8 Å². The van der Waals surface area contributed by atoms with Gasteiger partial charge in [0.1, 0.15) is 6.20 Å². The predicted molar refractivity (Wildman–Crippen MR) is 50.6 cm³/mol. The maximum atomic E-state index is 4.14. The zero-order valence-electron chi connectivity index (χ0n) is 8.28. The van der Waals surface area contributed by atoms with E-state index in [1.54, 1.807) is 10.9 Å². The van der Waals surface area contributed by atoms with Gasteiger partial charge in [-0.15, -0.1) is 5.10 Å². The van der Waals surface area contributed by atoms with E-state index in [-0.39, 0.29) is 0 Å². The Bertz CT molecular complexity index is 381. The molecule has 2 heterocycles. The fourth-order valence-electron chi connectivity index (χ4n) is 1.48. The highest BCUT2D eigenvalue weighted by molar-refractivity contribution is 5.22. The number of aromatic nitrogens is 5. The topological polar surface area (TPSA) is 59.4 Å². The minimum atomic E-state index is 0.817. The summed E-state index contributed by atoms with van der Waals surface area (Å²) in [5.74, 6) is 0. The van der Waals surface area contributed by atoms with Crippen LogP contribution in [-0.2, 0) is 13.0 Å². The fraction of sp³-hybridized carbons (Fsp3) is 0.444. The molecular formula is C9H12N5. The summed E-state index contributed by atoms with van der Waals surface area (Å²) >= 11 is 0. The third-order valence-electron chi connectivity index (χ3n) is 2.30. The number of nitrogens with one attached hydrogen (secondary N) is 1. The van der Waals surface area contributed by atoms with Gasteiger partial charge in [-0.3, -0.25) is 9.78 Å². The van der Waals surface area contributed by atoms with Gasteiger partial charge in [0.05, 0.1) is 11.9 Å². The molecule has 1 N–H and O–H groups in total. The number of hydrogen-bond acceptors (Lipinski definition) is 3. The van der Waals surface area contributed by atoms with E-state index in [0.29, 0.717) is 0 Å². The van der Waals surface area contributed by atoms with Gasteiger partial charge in [0.15, 0.2) is 0 Å². The molecule has 0 atom stereocenters. The van der Waals surface area contributed by atoms with Crippen molar-refractivity contribution in [1.82, 2.24) is 25.2 Å². The van der Waals surface area contributed by atoms with E-state index < -0.39 is 0 Å². The first-order valence-electron chi connectivity index (χ1n) is 4.54. The molecular weight excluding hydrogens is 178 g/mol. The van der Waals surface area contributed by atoms with Crippen LogP contribution in [0.5, 0.6) is 0 Å². The smallest absolute Gasteiger partial charge is 0.134 e. The highest BCUT2D eigenvalue weighted by Crippen LogP contribution is 2.10. The van der Waals surface area contributed by atoms with Crippen LogP contribution >= 0.6 is 0 Å². The quantitative estimate of drug-likeness (QED) is 0.773. The number of H-pyrrole nitrogens is 1. The van der Waals surface area contributed by atoms with Crippen molar-refractivity contribution >= 4 is 0 Å². The molecule has 1 radical (unpaired) electrons. The van der Waals surface area contributed by atoms with E-state index in [2.05, 4.69) is 26.7 Å². The van der Waals surface area contributed by atoms with E-state index in [4.69, 9.17) is 0 Å². The minimum Gasteiger partial charge on any atom is -0.282 e. The first-order valence-corrected chi connectivity index (χ1v) is 4.54. The Morgan fingerprint density at radius 3 is 2.93 bits per heavy atom. The lowest BCUT2D eigenvalue weighted by molar-refractivity contribution is 0.587. The Balaban J connectivity index is 2.05. The molecule has 0 bridgehead atoms. The molecule has 0 aliphatic rings. The molecule has 2 aromatic rings. The van der Waals surface area contributed by atoms with Crippen LogP contribution in [0.25, 0.3) is 0 Å². The number of aryl methyl sites for hydroxylation is 3. The molecule has 0 saturated heterocycles. The van der Waals surface area contributed by atoms with Crippen molar-refractivity contribution in [3.8, 4) is 0 Å². The highest BCUT2D eigenvalue weighted by atomic mass is 15.4. The van der Waals surface area contributed by atoms with E-state index in [9.17, 15) is 0 Å². The van der Waals surface area contributed by atoms with Crippen LogP contribution in [0, 0.1) is 20.0 Å². The Morgan fingerprint density at radius 2 is 2.36 bits per heavy atom. The number of hydrogen-bond donors (Lipinski definition) is 1. The van der Waals surface area contributed by atoms with Crippen LogP contribution in [0.3, 0.4) is 0 Å². The van der Waals surface area contributed by atoms with Gasteiger partial charge in [-0.2, -0.15) is 5.10 Å². The Kier molecular flexibility index (Phi) is 2.30. The van der Waals surface area contributed by atoms with Crippen LogP contribution in [-0.4, -0.2) is 25.2 Å². The van der Waals surface area contributed by atoms with Crippen LogP contribution in [0.1, 0.15) is 17.0 Å². The predicted octanol–water partition coefficient (Wildman–Crippen LogP) is 0.661. The van der Waals surface area contributed by atoms with Crippen LogP contribution in [0.15, 0.2) is 6.20 Å². The molecule has 2 rings (SSSR count). The van der Waals surface area contributed by atoms with Gasteiger partial charge in [0.25, 0.3) is 0 Å². The maximum absolute atomic E-state index is 4.14. The molecule has 0 aromatic carbocycles. The summed E-state index contributed by atoms with van der Waals surface area (Å²) in [5, 5.41) is 14.6. The van der Waals surface area contributed by atoms with Gasteiger partial charge >= 0.3 is 0 Å². The second kappa shape index (κ2) is 3.61. The largest absolute Gasteiger partial charge is 0.282 e. The second-order valence-electron chi connectivity index (χ2n) is 3.27. The van der Waals surface area contributed by atoms with Gasteiger partial charge in [-0.25, -0.2) is 0 Å². The van der Waals surface area contributed by atoms with Gasteiger partial charge in [0, 0.05) is 12.2 Å². The summed E-state index contributed by atoms with van der Waals surface area (Å²) in [7, 11) is 0. The molecule has 5 heteroatoms. The molecule has 0 unspecified atom stereocenters. The first-order chi connectivity index (χ1) is 6.77. The summed E-state index contributed by atoms with van der Waals surface area (Å²) in [6.07, 6.45) is 5.33. The standard InChI is InChI=1S/C9H12N5/c1-7-9(8(2)12-11-7)3-5-14-6-4-10-13-14/h6H,3,5H2,1-2H3,(H,11,12). The Morgan fingerprint density at radius 1 is 1.50 bits per heavy atom. The number of aromatic amines is 1. The summed E-state index contributed by atoms with van der Waals surface area (Å²) in [5.41, 5.74) is 3.46. The van der Waals surface area contributed by atoms with Crippen molar-refractivity contribution in [2.24, 2.45) is 0 Å². The molecule has 0 amide bonds. The molecule has 73 valence electrons.